The molecular weight excluding hydrogens is 428 g/mol. The Morgan fingerprint density at radius 2 is 1.89 bits per heavy atom. The van der Waals surface area contributed by atoms with Gasteiger partial charge in [0.15, 0.2) is 0 Å². The third-order valence-corrected chi connectivity index (χ3v) is 4.62. The zero-order chi connectivity index (χ0) is 13.3. The summed E-state index contributed by atoms with van der Waals surface area (Å²) in [6, 6.07) is 4.35. The first-order valence-electron chi connectivity index (χ1n) is 5.63. The summed E-state index contributed by atoms with van der Waals surface area (Å²) in [4.78, 5) is 13.7. The molecule has 1 aromatic rings. The van der Waals surface area contributed by atoms with E-state index in [1.54, 1.807) is 0 Å². The fraction of sp³-hybridized carbons (Fsp3) is 0.417. The van der Waals surface area contributed by atoms with E-state index in [0.29, 0.717) is 12.6 Å². The molecule has 1 fully saturated rings. The third-order valence-electron chi connectivity index (χ3n) is 2.91. The molecule has 0 saturated heterocycles. The molecule has 18 heavy (non-hydrogen) atoms. The Balaban J connectivity index is 1.99. The van der Waals surface area contributed by atoms with Crippen LogP contribution < -0.4 is 5.32 Å². The number of anilines is 1. The highest BCUT2D eigenvalue weighted by atomic mass is 79.9. The minimum atomic E-state index is 0.124. The van der Waals surface area contributed by atoms with Crippen molar-refractivity contribution in [1.82, 2.24) is 4.90 Å². The monoisotopic (exact) mass is 438 g/mol. The van der Waals surface area contributed by atoms with Gasteiger partial charge < -0.3 is 10.2 Å². The smallest absolute Gasteiger partial charge is 0.241 e. The molecule has 0 aliphatic heterocycles. The predicted octanol–water partition coefficient (Wildman–Crippen LogP) is 4.01. The van der Waals surface area contributed by atoms with Crippen LogP contribution in [0.4, 0.5) is 5.69 Å². The van der Waals surface area contributed by atoms with Crippen molar-refractivity contribution >= 4 is 59.4 Å². The van der Waals surface area contributed by atoms with Gasteiger partial charge in [-0.15, -0.1) is 0 Å². The fourth-order valence-corrected chi connectivity index (χ4v) is 4.20. The van der Waals surface area contributed by atoms with E-state index in [1.807, 2.05) is 24.1 Å². The van der Waals surface area contributed by atoms with Crippen LogP contribution in [0.25, 0.3) is 0 Å². The molecule has 1 aliphatic carbocycles. The Morgan fingerprint density at radius 1 is 1.33 bits per heavy atom. The van der Waals surface area contributed by atoms with Crippen LogP contribution in [0, 0.1) is 0 Å². The molecule has 0 heterocycles. The molecule has 6 heteroatoms. The van der Waals surface area contributed by atoms with E-state index in [1.165, 1.54) is 0 Å². The lowest BCUT2D eigenvalue weighted by Crippen LogP contribution is -2.33. The van der Waals surface area contributed by atoms with Gasteiger partial charge in [0.1, 0.15) is 0 Å². The maximum absolute atomic E-state index is 11.9. The second-order valence-corrected chi connectivity index (χ2v) is 6.96. The van der Waals surface area contributed by atoms with Gasteiger partial charge in [-0.05, 0) is 56.8 Å². The SMILES string of the molecule is CN(C(=O)CNc1c(Br)cc(Br)cc1Br)C1CC1. The number of carbonyl (C=O) groups is 1. The summed E-state index contributed by atoms with van der Waals surface area (Å²) in [6.07, 6.45) is 2.27. The van der Waals surface area contributed by atoms with Gasteiger partial charge >= 0.3 is 0 Å². The van der Waals surface area contributed by atoms with Crippen LogP contribution >= 0.6 is 47.8 Å². The lowest BCUT2D eigenvalue weighted by molar-refractivity contribution is -0.128. The zero-order valence-corrected chi connectivity index (χ0v) is 14.6. The molecule has 1 N–H and O–H groups in total. The number of nitrogens with one attached hydrogen (secondary N) is 1. The van der Waals surface area contributed by atoms with Crippen molar-refractivity contribution in [2.45, 2.75) is 18.9 Å². The average molecular weight is 441 g/mol. The van der Waals surface area contributed by atoms with E-state index < -0.39 is 0 Å². The Kier molecular flexibility index (Phi) is 4.72. The van der Waals surface area contributed by atoms with Crippen LogP contribution in [-0.4, -0.2) is 30.4 Å². The Bertz CT molecular complexity index is 451. The zero-order valence-electron chi connectivity index (χ0n) is 9.84. The maximum Gasteiger partial charge on any atom is 0.241 e. The van der Waals surface area contributed by atoms with Crippen LogP contribution in [0.1, 0.15) is 12.8 Å². The van der Waals surface area contributed by atoms with Gasteiger partial charge in [0.25, 0.3) is 0 Å². The lowest BCUT2D eigenvalue weighted by atomic mass is 10.3. The number of halogens is 3. The number of amides is 1. The molecular formula is C12H13Br3N2O. The van der Waals surface area contributed by atoms with E-state index in [-0.39, 0.29) is 5.91 Å². The molecule has 98 valence electrons. The van der Waals surface area contributed by atoms with Crippen LogP contribution in [0.3, 0.4) is 0 Å². The average Bonchev–Trinajstić information content (AvgIpc) is 3.09. The summed E-state index contributed by atoms with van der Waals surface area (Å²) < 4.78 is 2.82. The molecule has 3 nitrogen and oxygen atoms in total. The topological polar surface area (TPSA) is 32.3 Å². The summed E-state index contributed by atoms with van der Waals surface area (Å²) in [5.41, 5.74) is 0.899. The molecule has 1 aliphatic rings. The molecule has 0 unspecified atom stereocenters. The molecule has 1 amide bonds. The minimum Gasteiger partial charge on any atom is -0.374 e. The van der Waals surface area contributed by atoms with Crippen LogP contribution in [0.15, 0.2) is 25.6 Å². The molecule has 0 spiro atoms. The number of benzene rings is 1. The van der Waals surface area contributed by atoms with Crippen LogP contribution in [0.5, 0.6) is 0 Å². The predicted molar refractivity (Wildman–Crippen MR) is 83.8 cm³/mol. The first kappa shape index (κ1) is 14.3. The number of carbonyl (C=O) groups excluding carboxylic acids is 1. The summed E-state index contributed by atoms with van der Waals surface area (Å²) >= 11 is 10.4. The number of hydrogen-bond donors (Lipinski definition) is 1. The highest BCUT2D eigenvalue weighted by Gasteiger charge is 2.29. The van der Waals surface area contributed by atoms with Crippen molar-refractivity contribution in [3.63, 3.8) is 0 Å². The van der Waals surface area contributed by atoms with Gasteiger partial charge in [-0.3, -0.25) is 4.79 Å². The van der Waals surface area contributed by atoms with Gasteiger partial charge in [0.2, 0.25) is 5.91 Å². The lowest BCUT2D eigenvalue weighted by Gasteiger charge is -2.18. The second-order valence-electron chi connectivity index (χ2n) is 4.33. The van der Waals surface area contributed by atoms with Crippen LogP contribution in [0.2, 0.25) is 0 Å². The fourth-order valence-electron chi connectivity index (χ4n) is 1.67. The van der Waals surface area contributed by atoms with E-state index in [9.17, 15) is 4.79 Å². The molecule has 1 aromatic carbocycles. The molecule has 2 rings (SSSR count). The quantitative estimate of drug-likeness (QED) is 0.767. The Morgan fingerprint density at radius 3 is 2.39 bits per heavy atom. The van der Waals surface area contributed by atoms with Crippen molar-refractivity contribution in [2.24, 2.45) is 0 Å². The normalized spacial score (nSPS) is 14.4. The highest BCUT2D eigenvalue weighted by Crippen LogP contribution is 2.34. The van der Waals surface area contributed by atoms with Gasteiger partial charge in [0.05, 0.1) is 12.2 Å². The van der Waals surface area contributed by atoms with Gasteiger partial charge in [-0.2, -0.15) is 0 Å². The van der Waals surface area contributed by atoms with Crippen LogP contribution in [-0.2, 0) is 4.79 Å². The third kappa shape index (κ3) is 3.48. The molecule has 0 aromatic heterocycles. The second kappa shape index (κ2) is 5.92. The molecule has 0 radical (unpaired) electrons. The summed E-state index contributed by atoms with van der Waals surface area (Å²) in [6.45, 7) is 0.311. The number of nitrogens with zero attached hydrogens (tertiary/aromatic N) is 1. The number of likely N-dealkylation sites (N-methyl/N-ethyl adjacent to an activating group) is 1. The van der Waals surface area contributed by atoms with E-state index in [2.05, 4.69) is 53.1 Å². The summed E-state index contributed by atoms with van der Waals surface area (Å²) in [7, 11) is 1.87. The van der Waals surface area contributed by atoms with E-state index in [4.69, 9.17) is 0 Å². The van der Waals surface area contributed by atoms with Crippen molar-refractivity contribution in [3.05, 3.63) is 25.6 Å². The minimum absolute atomic E-state index is 0.124. The van der Waals surface area contributed by atoms with Crippen molar-refractivity contribution in [2.75, 3.05) is 18.9 Å². The first-order valence-corrected chi connectivity index (χ1v) is 8.01. The number of hydrogen-bond acceptors (Lipinski definition) is 2. The summed E-state index contributed by atoms with van der Waals surface area (Å²) in [5.74, 6) is 0.124. The Labute approximate surface area is 132 Å². The molecule has 1 saturated carbocycles. The first-order chi connectivity index (χ1) is 8.49. The summed E-state index contributed by atoms with van der Waals surface area (Å²) in [5, 5.41) is 3.17. The maximum atomic E-state index is 11.9. The molecule has 0 bridgehead atoms. The van der Waals surface area contributed by atoms with Gasteiger partial charge in [-0.25, -0.2) is 0 Å². The van der Waals surface area contributed by atoms with Crippen molar-refractivity contribution in [1.29, 1.82) is 0 Å². The van der Waals surface area contributed by atoms with Crippen molar-refractivity contribution < 1.29 is 4.79 Å². The standard InChI is InChI=1S/C12H13Br3N2O/c1-17(8-2-3-8)11(18)6-16-12-9(14)4-7(13)5-10(12)15/h4-5,8,16H,2-3,6H2,1H3. The van der Waals surface area contributed by atoms with E-state index >= 15 is 0 Å². The largest absolute Gasteiger partial charge is 0.374 e. The molecule has 0 atom stereocenters. The van der Waals surface area contributed by atoms with Crippen molar-refractivity contribution in [3.8, 4) is 0 Å². The van der Waals surface area contributed by atoms with Gasteiger partial charge in [-0.1, -0.05) is 15.9 Å². The van der Waals surface area contributed by atoms with E-state index in [0.717, 1.165) is 31.9 Å². The van der Waals surface area contributed by atoms with Gasteiger partial charge in [0, 0.05) is 26.5 Å². The Hall–Kier alpha value is -0.0700. The number of rotatable bonds is 4. The highest BCUT2D eigenvalue weighted by molar-refractivity contribution is 9.11.